The molecule has 0 saturated carbocycles. The maximum atomic E-state index is 9.46. The van der Waals surface area contributed by atoms with Crippen LogP contribution < -0.4 is 4.74 Å². The van der Waals surface area contributed by atoms with Gasteiger partial charge in [-0.15, -0.1) is 0 Å². The van der Waals surface area contributed by atoms with Crippen LogP contribution in [0, 0.1) is 19.8 Å². The van der Waals surface area contributed by atoms with Crippen molar-refractivity contribution in [3.8, 4) is 5.75 Å². The van der Waals surface area contributed by atoms with Crippen molar-refractivity contribution in [3.63, 3.8) is 0 Å². The number of hydrogen-bond acceptors (Lipinski definition) is 2. The molecule has 0 bridgehead atoms. The summed E-state index contributed by atoms with van der Waals surface area (Å²) >= 11 is 0. The van der Waals surface area contributed by atoms with Crippen LogP contribution in [0.3, 0.4) is 0 Å². The lowest BCUT2D eigenvalue weighted by Gasteiger charge is -2.22. The van der Waals surface area contributed by atoms with Gasteiger partial charge in [0, 0.05) is 5.92 Å². The van der Waals surface area contributed by atoms with E-state index in [1.807, 2.05) is 6.92 Å². The van der Waals surface area contributed by atoms with Crippen molar-refractivity contribution in [2.75, 3.05) is 13.7 Å². The van der Waals surface area contributed by atoms with E-state index in [1.165, 1.54) is 11.1 Å². The fourth-order valence-electron chi connectivity index (χ4n) is 2.10. The van der Waals surface area contributed by atoms with E-state index in [0.29, 0.717) is 5.92 Å². The van der Waals surface area contributed by atoms with Gasteiger partial charge in [-0.25, -0.2) is 0 Å². The van der Waals surface area contributed by atoms with Crippen LogP contribution in [0.15, 0.2) is 12.1 Å². The molecule has 1 unspecified atom stereocenters. The normalized spacial score (nSPS) is 12.9. The second-order valence-corrected chi connectivity index (χ2v) is 4.71. The van der Waals surface area contributed by atoms with Crippen LogP contribution >= 0.6 is 0 Å². The maximum Gasteiger partial charge on any atom is 0.122 e. The molecule has 0 aliphatic rings. The molecule has 0 heterocycles. The Bertz CT molecular complexity index is 356. The van der Waals surface area contributed by atoms with Crippen LogP contribution in [0.5, 0.6) is 5.75 Å². The van der Waals surface area contributed by atoms with Crippen molar-refractivity contribution >= 4 is 0 Å². The monoisotopic (exact) mass is 222 g/mol. The molecule has 0 fully saturated rings. The Morgan fingerprint density at radius 2 is 1.81 bits per heavy atom. The number of rotatable bonds is 4. The first-order valence-corrected chi connectivity index (χ1v) is 5.77. The minimum atomic E-state index is 0.199. The van der Waals surface area contributed by atoms with Gasteiger partial charge in [0.15, 0.2) is 0 Å². The molecule has 1 N–H and O–H groups in total. The lowest BCUT2D eigenvalue weighted by atomic mass is 9.85. The van der Waals surface area contributed by atoms with Gasteiger partial charge in [-0.3, -0.25) is 0 Å². The average molecular weight is 222 g/mol. The van der Waals surface area contributed by atoms with Gasteiger partial charge in [0.1, 0.15) is 5.75 Å². The van der Waals surface area contributed by atoms with Crippen molar-refractivity contribution in [2.45, 2.75) is 33.6 Å². The molecule has 1 aromatic carbocycles. The summed E-state index contributed by atoms with van der Waals surface area (Å²) in [5, 5.41) is 9.46. The second kappa shape index (κ2) is 5.35. The Hall–Kier alpha value is -1.02. The van der Waals surface area contributed by atoms with Gasteiger partial charge in [0.2, 0.25) is 0 Å². The Balaban J connectivity index is 3.18. The molecular formula is C14H22O2. The highest BCUT2D eigenvalue weighted by atomic mass is 16.5. The van der Waals surface area contributed by atoms with Crippen LogP contribution in [0.4, 0.5) is 0 Å². The quantitative estimate of drug-likeness (QED) is 0.848. The van der Waals surface area contributed by atoms with Gasteiger partial charge >= 0.3 is 0 Å². The number of methoxy groups -OCH3 is 1. The lowest BCUT2D eigenvalue weighted by Crippen LogP contribution is -2.13. The molecule has 1 atom stereocenters. The van der Waals surface area contributed by atoms with Crippen molar-refractivity contribution in [1.29, 1.82) is 0 Å². The first-order chi connectivity index (χ1) is 7.51. The van der Waals surface area contributed by atoms with Crippen LogP contribution in [-0.4, -0.2) is 18.8 Å². The largest absolute Gasteiger partial charge is 0.496 e. The number of aliphatic hydroxyl groups excluding tert-OH is 1. The third-order valence-electron chi connectivity index (χ3n) is 3.18. The zero-order valence-electron chi connectivity index (χ0n) is 10.9. The van der Waals surface area contributed by atoms with Crippen LogP contribution in [-0.2, 0) is 0 Å². The van der Waals surface area contributed by atoms with Gasteiger partial charge in [-0.1, -0.05) is 19.9 Å². The third-order valence-corrected chi connectivity index (χ3v) is 3.18. The summed E-state index contributed by atoms with van der Waals surface area (Å²) in [5.74, 6) is 1.57. The van der Waals surface area contributed by atoms with E-state index in [9.17, 15) is 5.11 Å². The van der Waals surface area contributed by atoms with Crippen LogP contribution in [0.25, 0.3) is 0 Å². The van der Waals surface area contributed by atoms with Gasteiger partial charge in [-0.05, 0) is 42.5 Å². The molecule has 2 heteroatoms. The highest BCUT2D eigenvalue weighted by Crippen LogP contribution is 2.31. The van der Waals surface area contributed by atoms with E-state index in [1.54, 1.807) is 7.11 Å². The molecule has 0 saturated heterocycles. The molecule has 2 nitrogen and oxygen atoms in total. The summed E-state index contributed by atoms with van der Waals surface area (Å²) in [6.45, 7) is 8.59. The van der Waals surface area contributed by atoms with Crippen molar-refractivity contribution in [3.05, 3.63) is 28.8 Å². The average Bonchev–Trinajstić information content (AvgIpc) is 2.23. The SMILES string of the molecule is COc1cc(C)c(C(CO)C(C)C)cc1C. The molecule has 0 aromatic heterocycles. The summed E-state index contributed by atoms with van der Waals surface area (Å²) in [6, 6.07) is 4.19. The van der Waals surface area contributed by atoms with Gasteiger partial charge in [0.05, 0.1) is 13.7 Å². The number of benzene rings is 1. The summed E-state index contributed by atoms with van der Waals surface area (Å²) in [4.78, 5) is 0. The van der Waals surface area contributed by atoms with E-state index in [4.69, 9.17) is 4.74 Å². The molecule has 16 heavy (non-hydrogen) atoms. The fraction of sp³-hybridized carbons (Fsp3) is 0.571. The van der Waals surface area contributed by atoms with Gasteiger partial charge in [0.25, 0.3) is 0 Å². The lowest BCUT2D eigenvalue weighted by molar-refractivity contribution is 0.237. The highest BCUT2D eigenvalue weighted by molar-refractivity contribution is 5.43. The van der Waals surface area contributed by atoms with E-state index in [0.717, 1.165) is 11.3 Å². The van der Waals surface area contributed by atoms with E-state index < -0.39 is 0 Å². The summed E-state index contributed by atoms with van der Waals surface area (Å²) < 4.78 is 5.29. The molecule has 0 aliphatic heterocycles. The maximum absolute atomic E-state index is 9.46. The predicted molar refractivity (Wildman–Crippen MR) is 67.1 cm³/mol. The minimum absolute atomic E-state index is 0.199. The first kappa shape index (κ1) is 13.0. The molecule has 0 aliphatic carbocycles. The van der Waals surface area contributed by atoms with E-state index >= 15 is 0 Å². The summed E-state index contributed by atoms with van der Waals surface area (Å²) in [5.41, 5.74) is 3.55. The van der Waals surface area contributed by atoms with Gasteiger partial charge in [-0.2, -0.15) is 0 Å². The zero-order chi connectivity index (χ0) is 12.3. The molecule has 0 spiro atoms. The van der Waals surface area contributed by atoms with E-state index in [-0.39, 0.29) is 12.5 Å². The van der Waals surface area contributed by atoms with Gasteiger partial charge < -0.3 is 9.84 Å². The summed E-state index contributed by atoms with van der Waals surface area (Å²) in [6.07, 6.45) is 0. The molecule has 1 rings (SSSR count). The Morgan fingerprint density at radius 3 is 2.25 bits per heavy atom. The molecular weight excluding hydrogens is 200 g/mol. The minimum Gasteiger partial charge on any atom is -0.496 e. The molecule has 1 aromatic rings. The Labute approximate surface area is 98.3 Å². The zero-order valence-corrected chi connectivity index (χ0v) is 10.9. The Morgan fingerprint density at radius 1 is 1.19 bits per heavy atom. The standard InChI is InChI=1S/C14H22O2/c1-9(2)13(8-15)12-6-11(4)14(16-5)7-10(12)3/h6-7,9,13,15H,8H2,1-5H3. The number of aryl methyl sites for hydroxylation is 2. The first-order valence-electron chi connectivity index (χ1n) is 5.77. The summed E-state index contributed by atoms with van der Waals surface area (Å²) in [7, 11) is 1.69. The number of hydrogen-bond donors (Lipinski definition) is 1. The van der Waals surface area contributed by atoms with Crippen molar-refractivity contribution < 1.29 is 9.84 Å². The molecule has 0 amide bonds. The van der Waals surface area contributed by atoms with Crippen molar-refractivity contribution in [1.82, 2.24) is 0 Å². The molecule has 90 valence electrons. The smallest absolute Gasteiger partial charge is 0.122 e. The number of aliphatic hydroxyl groups is 1. The van der Waals surface area contributed by atoms with Crippen molar-refractivity contribution in [2.24, 2.45) is 5.92 Å². The predicted octanol–water partition coefficient (Wildman–Crippen LogP) is 3.04. The Kier molecular flexibility index (Phi) is 4.36. The van der Waals surface area contributed by atoms with Crippen LogP contribution in [0.1, 0.15) is 36.5 Å². The topological polar surface area (TPSA) is 29.5 Å². The second-order valence-electron chi connectivity index (χ2n) is 4.71. The number of ether oxygens (including phenoxy) is 1. The molecule has 0 radical (unpaired) electrons. The van der Waals surface area contributed by atoms with E-state index in [2.05, 4.69) is 32.9 Å². The highest BCUT2D eigenvalue weighted by Gasteiger charge is 2.18. The fourth-order valence-corrected chi connectivity index (χ4v) is 2.10. The van der Waals surface area contributed by atoms with Crippen LogP contribution in [0.2, 0.25) is 0 Å². The third kappa shape index (κ3) is 2.56.